The Hall–Kier alpha value is -3.44. The lowest BCUT2D eigenvalue weighted by Crippen LogP contribution is -2.49. The summed E-state index contributed by atoms with van der Waals surface area (Å²) >= 11 is 0. The van der Waals surface area contributed by atoms with Gasteiger partial charge in [-0.25, -0.2) is 17.8 Å². The third-order valence-electron chi connectivity index (χ3n) is 6.22. The fourth-order valence-electron chi connectivity index (χ4n) is 4.43. The molecule has 0 saturated carbocycles. The van der Waals surface area contributed by atoms with Crippen molar-refractivity contribution in [1.82, 2.24) is 13.9 Å². The number of anilines is 1. The van der Waals surface area contributed by atoms with Gasteiger partial charge in [-0.1, -0.05) is 36.4 Å². The fourth-order valence-corrected chi connectivity index (χ4v) is 6.06. The summed E-state index contributed by atoms with van der Waals surface area (Å²) in [5.74, 6) is 0.284. The molecule has 36 heavy (non-hydrogen) atoms. The monoisotopic (exact) mass is 518 g/mol. The first kappa shape index (κ1) is 24.3. The third kappa shape index (κ3) is 4.56. The van der Waals surface area contributed by atoms with Crippen LogP contribution in [0.25, 0.3) is 11.0 Å². The number of piperazine rings is 1. The first-order chi connectivity index (χ1) is 17.1. The van der Waals surface area contributed by atoms with Crippen molar-refractivity contribution in [2.45, 2.75) is 17.6 Å². The van der Waals surface area contributed by atoms with Gasteiger partial charge in [-0.3, -0.25) is 0 Å². The van der Waals surface area contributed by atoms with Crippen LogP contribution in [0.4, 0.5) is 23.5 Å². The SMILES string of the molecule is O=S(=O)(c1ccccc1C(F)(F)F)N1CCN(c2nc3ccccc3n2Cc2ccc(F)cc2)CC1. The highest BCUT2D eigenvalue weighted by Gasteiger charge is 2.39. The minimum Gasteiger partial charge on any atom is -0.340 e. The number of sulfonamides is 1. The van der Waals surface area contributed by atoms with Gasteiger partial charge < -0.3 is 9.47 Å². The predicted octanol–water partition coefficient (Wildman–Crippen LogP) is 4.75. The van der Waals surface area contributed by atoms with Gasteiger partial charge in [0.2, 0.25) is 16.0 Å². The van der Waals surface area contributed by atoms with Crippen LogP contribution in [0.15, 0.2) is 77.7 Å². The second kappa shape index (κ2) is 9.21. The van der Waals surface area contributed by atoms with Gasteiger partial charge in [-0.15, -0.1) is 0 Å². The Labute approximate surface area is 205 Å². The van der Waals surface area contributed by atoms with Crippen molar-refractivity contribution < 1.29 is 26.0 Å². The van der Waals surface area contributed by atoms with Crippen LogP contribution in [0.5, 0.6) is 0 Å². The first-order valence-electron chi connectivity index (χ1n) is 11.3. The van der Waals surface area contributed by atoms with E-state index >= 15 is 0 Å². The number of fused-ring (bicyclic) bond motifs is 1. The van der Waals surface area contributed by atoms with Crippen molar-refractivity contribution in [3.63, 3.8) is 0 Å². The van der Waals surface area contributed by atoms with Crippen LogP contribution in [0.1, 0.15) is 11.1 Å². The molecule has 1 aliphatic heterocycles. The van der Waals surface area contributed by atoms with Crippen molar-refractivity contribution in [3.8, 4) is 0 Å². The summed E-state index contributed by atoms with van der Waals surface area (Å²) in [7, 11) is -4.34. The van der Waals surface area contributed by atoms with Crippen LogP contribution in [0, 0.1) is 5.82 Å². The van der Waals surface area contributed by atoms with Gasteiger partial charge in [0.1, 0.15) is 5.82 Å². The molecule has 0 aliphatic carbocycles. The number of imidazole rings is 1. The van der Waals surface area contributed by atoms with Gasteiger partial charge in [-0.2, -0.15) is 17.5 Å². The molecule has 188 valence electrons. The number of alkyl halides is 3. The Morgan fingerprint density at radius 3 is 2.17 bits per heavy atom. The first-order valence-corrected chi connectivity index (χ1v) is 12.7. The molecule has 1 saturated heterocycles. The molecule has 5 rings (SSSR count). The van der Waals surface area contributed by atoms with Crippen molar-refractivity contribution in [1.29, 1.82) is 0 Å². The Morgan fingerprint density at radius 1 is 0.833 bits per heavy atom. The number of rotatable bonds is 5. The minimum atomic E-state index is -4.78. The van der Waals surface area contributed by atoms with Crippen molar-refractivity contribution >= 4 is 27.0 Å². The van der Waals surface area contributed by atoms with Crippen molar-refractivity contribution in [2.75, 3.05) is 31.1 Å². The summed E-state index contributed by atoms with van der Waals surface area (Å²) in [4.78, 5) is 5.92. The van der Waals surface area contributed by atoms with Crippen LogP contribution in [0.2, 0.25) is 0 Å². The molecule has 0 unspecified atom stereocenters. The van der Waals surface area contributed by atoms with Crippen LogP contribution < -0.4 is 4.90 Å². The number of hydrogen-bond acceptors (Lipinski definition) is 4. The summed E-state index contributed by atoms with van der Waals surface area (Å²) in [6.07, 6.45) is -4.78. The van der Waals surface area contributed by atoms with Gasteiger partial charge >= 0.3 is 6.18 Å². The molecule has 1 aromatic heterocycles. The van der Waals surface area contributed by atoms with Crippen LogP contribution in [-0.4, -0.2) is 48.5 Å². The lowest BCUT2D eigenvalue weighted by Gasteiger charge is -2.35. The molecular weight excluding hydrogens is 496 g/mol. The lowest BCUT2D eigenvalue weighted by atomic mass is 10.2. The number of para-hydroxylation sites is 2. The largest absolute Gasteiger partial charge is 0.417 e. The zero-order valence-corrected chi connectivity index (χ0v) is 19.8. The quantitative estimate of drug-likeness (QED) is 0.358. The molecule has 0 amide bonds. The van der Waals surface area contributed by atoms with Crippen LogP contribution in [0.3, 0.4) is 0 Å². The Balaban J connectivity index is 1.42. The topological polar surface area (TPSA) is 58.4 Å². The number of benzene rings is 3. The summed E-state index contributed by atoms with van der Waals surface area (Å²) in [5, 5.41) is 0. The van der Waals surface area contributed by atoms with E-state index in [1.165, 1.54) is 24.3 Å². The summed E-state index contributed by atoms with van der Waals surface area (Å²) in [6, 6.07) is 17.9. The van der Waals surface area contributed by atoms with E-state index in [2.05, 4.69) is 0 Å². The lowest BCUT2D eigenvalue weighted by molar-refractivity contribution is -0.139. The van der Waals surface area contributed by atoms with Gasteiger partial charge in [-0.05, 0) is 42.0 Å². The number of hydrogen-bond donors (Lipinski definition) is 0. The zero-order chi connectivity index (χ0) is 25.5. The minimum absolute atomic E-state index is 0.00821. The molecule has 0 spiro atoms. The maximum Gasteiger partial charge on any atom is 0.417 e. The van der Waals surface area contributed by atoms with Gasteiger partial charge in [0.25, 0.3) is 0 Å². The van der Waals surface area contributed by atoms with Crippen LogP contribution in [-0.2, 0) is 22.7 Å². The average Bonchev–Trinajstić information content (AvgIpc) is 3.23. The molecule has 1 aliphatic rings. The third-order valence-corrected chi connectivity index (χ3v) is 8.18. The molecule has 1 fully saturated rings. The van der Waals surface area contributed by atoms with E-state index in [1.807, 2.05) is 33.7 Å². The van der Waals surface area contributed by atoms with Crippen LogP contribution >= 0.6 is 0 Å². The number of nitrogens with zero attached hydrogens (tertiary/aromatic N) is 4. The van der Waals surface area contributed by atoms with Gasteiger partial charge in [0.15, 0.2) is 0 Å². The van der Waals surface area contributed by atoms with E-state index < -0.39 is 26.7 Å². The van der Waals surface area contributed by atoms with Gasteiger partial charge in [0.05, 0.1) is 28.0 Å². The number of halogens is 4. The molecule has 3 aromatic carbocycles. The van der Waals surface area contributed by atoms with Crippen molar-refractivity contribution in [2.24, 2.45) is 0 Å². The Bertz CT molecular complexity index is 1490. The van der Waals surface area contributed by atoms with E-state index in [4.69, 9.17) is 4.98 Å². The maximum absolute atomic E-state index is 13.5. The fraction of sp³-hybridized carbons (Fsp3) is 0.240. The highest BCUT2D eigenvalue weighted by molar-refractivity contribution is 7.89. The summed E-state index contributed by atoms with van der Waals surface area (Å²) < 4.78 is 83.1. The van der Waals surface area contributed by atoms with E-state index in [0.29, 0.717) is 12.5 Å². The second-order valence-corrected chi connectivity index (χ2v) is 10.4. The molecule has 0 atom stereocenters. The standard InChI is InChI=1S/C25H22F4N4O2S/c26-19-11-9-18(10-12-19)17-33-22-7-3-2-6-21(22)30-24(33)31-13-15-32(16-14-31)36(34,35)23-8-4-1-5-20(23)25(27,28)29/h1-12H,13-17H2. The molecular formula is C25H22F4N4O2S. The molecule has 0 radical (unpaired) electrons. The highest BCUT2D eigenvalue weighted by atomic mass is 32.2. The van der Waals surface area contributed by atoms with E-state index in [1.54, 1.807) is 12.1 Å². The smallest absolute Gasteiger partial charge is 0.340 e. The molecule has 0 N–H and O–H groups in total. The molecule has 0 bridgehead atoms. The van der Waals surface area contributed by atoms with E-state index in [9.17, 15) is 26.0 Å². The van der Waals surface area contributed by atoms with E-state index in [0.717, 1.165) is 33.0 Å². The Morgan fingerprint density at radius 2 is 1.47 bits per heavy atom. The number of aromatic nitrogens is 2. The molecule has 11 heteroatoms. The van der Waals surface area contributed by atoms with E-state index in [-0.39, 0.29) is 32.0 Å². The molecule has 6 nitrogen and oxygen atoms in total. The van der Waals surface area contributed by atoms with Gasteiger partial charge in [0, 0.05) is 26.2 Å². The molecule has 4 aromatic rings. The summed E-state index contributed by atoms with van der Waals surface area (Å²) in [6.45, 7) is 0.941. The highest BCUT2D eigenvalue weighted by Crippen LogP contribution is 2.35. The zero-order valence-electron chi connectivity index (χ0n) is 19.0. The summed E-state index contributed by atoms with van der Waals surface area (Å²) in [5.41, 5.74) is 1.31. The predicted molar refractivity (Wildman–Crippen MR) is 128 cm³/mol. The normalized spacial score (nSPS) is 15.5. The Kier molecular flexibility index (Phi) is 6.21. The average molecular weight is 519 g/mol. The second-order valence-electron chi connectivity index (χ2n) is 8.50. The van der Waals surface area contributed by atoms with Crippen molar-refractivity contribution in [3.05, 3.63) is 89.7 Å². The molecule has 2 heterocycles. The maximum atomic E-state index is 13.5.